The Hall–Kier alpha value is -3.08. The average Bonchev–Trinajstić information content (AvgIpc) is 3.24. The lowest BCUT2D eigenvalue weighted by molar-refractivity contribution is 0.321. The average molecular weight is 529 g/mol. The summed E-state index contributed by atoms with van der Waals surface area (Å²) in [6.45, 7) is 2.37. The quantitative estimate of drug-likeness (QED) is 0.370. The Bertz CT molecular complexity index is 1520. The first-order chi connectivity index (χ1) is 17.2. The van der Waals surface area contributed by atoms with Crippen molar-refractivity contribution < 1.29 is 12.8 Å². The van der Waals surface area contributed by atoms with Crippen LogP contribution in [0.2, 0.25) is 5.02 Å². The van der Waals surface area contributed by atoms with Gasteiger partial charge in [0.2, 0.25) is 0 Å². The van der Waals surface area contributed by atoms with E-state index in [2.05, 4.69) is 20.3 Å². The first-order valence-electron chi connectivity index (χ1n) is 11.8. The number of aromatic nitrogens is 4. The Morgan fingerprint density at radius 2 is 1.92 bits per heavy atom. The van der Waals surface area contributed by atoms with Gasteiger partial charge in [-0.15, -0.1) is 0 Å². The number of benzene rings is 1. The smallest absolute Gasteiger partial charge is 0.269 e. The highest BCUT2D eigenvalue weighted by Crippen LogP contribution is 2.33. The van der Waals surface area contributed by atoms with Gasteiger partial charge in [0.1, 0.15) is 0 Å². The van der Waals surface area contributed by atoms with Crippen molar-refractivity contribution in [2.24, 2.45) is 11.7 Å². The van der Waals surface area contributed by atoms with Crippen molar-refractivity contribution in [1.29, 1.82) is 0 Å². The summed E-state index contributed by atoms with van der Waals surface area (Å²) in [5.41, 5.74) is 7.71. The minimum Gasteiger partial charge on any atom is -0.367 e. The van der Waals surface area contributed by atoms with E-state index in [1.165, 1.54) is 12.4 Å². The molecule has 3 heterocycles. The molecular weight excluding hydrogens is 503 g/mol. The van der Waals surface area contributed by atoms with Gasteiger partial charge < -0.3 is 11.1 Å². The fourth-order valence-corrected chi connectivity index (χ4v) is 6.06. The van der Waals surface area contributed by atoms with E-state index in [1.807, 2.05) is 6.92 Å². The molecule has 1 aromatic carbocycles. The van der Waals surface area contributed by atoms with E-state index in [4.69, 9.17) is 17.3 Å². The van der Waals surface area contributed by atoms with Crippen LogP contribution in [0.1, 0.15) is 31.2 Å². The van der Waals surface area contributed by atoms with Gasteiger partial charge in [0, 0.05) is 35.9 Å². The minimum absolute atomic E-state index is 0.0371. The molecule has 11 heteroatoms. The van der Waals surface area contributed by atoms with Gasteiger partial charge >= 0.3 is 0 Å². The molecule has 1 saturated carbocycles. The Kier molecular flexibility index (Phi) is 6.67. The molecule has 0 bridgehead atoms. The lowest BCUT2D eigenvalue weighted by Crippen LogP contribution is -2.37. The molecule has 0 saturated heterocycles. The number of hydrogen-bond donors (Lipinski definition) is 2. The molecule has 5 rings (SSSR count). The number of hydrogen-bond acceptors (Lipinski definition) is 7. The van der Waals surface area contributed by atoms with Crippen LogP contribution in [0.4, 0.5) is 10.2 Å². The second-order valence-corrected chi connectivity index (χ2v) is 11.4. The SMILES string of the molecule is Cc1ccc(S(=O)(=O)n2cc(-c3ncc(F)c(NCC4CCCCC4N)n3)c3cc(Cl)cnc32)cc1. The molecule has 3 N–H and O–H groups in total. The highest BCUT2D eigenvalue weighted by Gasteiger charge is 2.25. The molecule has 0 amide bonds. The number of rotatable bonds is 6. The van der Waals surface area contributed by atoms with E-state index in [1.54, 1.807) is 30.3 Å². The van der Waals surface area contributed by atoms with Crippen molar-refractivity contribution in [3.05, 3.63) is 65.3 Å². The van der Waals surface area contributed by atoms with Gasteiger partial charge in [0.05, 0.1) is 16.1 Å². The summed E-state index contributed by atoms with van der Waals surface area (Å²) in [6, 6.07) is 8.19. The molecule has 2 unspecified atom stereocenters. The first-order valence-corrected chi connectivity index (χ1v) is 13.6. The number of nitrogens with zero attached hydrogens (tertiary/aromatic N) is 4. The van der Waals surface area contributed by atoms with E-state index in [0.29, 0.717) is 22.5 Å². The first kappa shape index (κ1) is 24.6. The zero-order chi connectivity index (χ0) is 25.4. The summed E-state index contributed by atoms with van der Waals surface area (Å²) in [7, 11) is -3.98. The summed E-state index contributed by atoms with van der Waals surface area (Å²) < 4.78 is 42.7. The maximum Gasteiger partial charge on any atom is 0.269 e. The zero-order valence-electron chi connectivity index (χ0n) is 19.7. The standard InChI is InChI=1S/C25H26ClFN6O2S/c1-15-6-8-18(9-7-15)36(34,35)33-14-20(19-10-17(26)12-31-25(19)33)23-30-13-21(27)24(32-23)29-11-16-4-2-3-5-22(16)28/h6-10,12-14,16,22H,2-5,11,28H2,1H3,(H,29,30,32). The normalized spacial score (nSPS) is 18.4. The molecule has 2 atom stereocenters. The summed E-state index contributed by atoms with van der Waals surface area (Å²) in [6.07, 6.45) is 7.98. The van der Waals surface area contributed by atoms with Gasteiger partial charge in [0.25, 0.3) is 10.0 Å². The van der Waals surface area contributed by atoms with Gasteiger partial charge in [-0.2, -0.15) is 0 Å². The molecule has 1 fully saturated rings. The zero-order valence-corrected chi connectivity index (χ0v) is 21.2. The number of fused-ring (bicyclic) bond motifs is 1. The molecule has 0 radical (unpaired) electrons. The Labute approximate surface area is 213 Å². The van der Waals surface area contributed by atoms with Crippen molar-refractivity contribution in [1.82, 2.24) is 18.9 Å². The van der Waals surface area contributed by atoms with Gasteiger partial charge in [0.15, 0.2) is 23.1 Å². The summed E-state index contributed by atoms with van der Waals surface area (Å²) in [5.74, 6) is -0.190. The maximum absolute atomic E-state index is 14.6. The van der Waals surface area contributed by atoms with Crippen LogP contribution in [0, 0.1) is 18.7 Å². The van der Waals surface area contributed by atoms with E-state index in [0.717, 1.165) is 41.4 Å². The van der Waals surface area contributed by atoms with Crippen LogP contribution >= 0.6 is 11.6 Å². The Morgan fingerprint density at radius 3 is 2.67 bits per heavy atom. The maximum atomic E-state index is 14.6. The van der Waals surface area contributed by atoms with E-state index >= 15 is 0 Å². The lowest BCUT2D eigenvalue weighted by Gasteiger charge is -2.28. The van der Waals surface area contributed by atoms with Crippen molar-refractivity contribution in [2.75, 3.05) is 11.9 Å². The molecule has 0 aliphatic heterocycles. The number of nitrogens with one attached hydrogen (secondary N) is 1. The molecular formula is C25H26ClFN6O2S. The lowest BCUT2D eigenvalue weighted by atomic mass is 9.85. The van der Waals surface area contributed by atoms with Crippen molar-refractivity contribution in [3.8, 4) is 11.4 Å². The molecule has 3 aromatic heterocycles. The van der Waals surface area contributed by atoms with Crippen LogP contribution in [0.5, 0.6) is 0 Å². The second-order valence-electron chi connectivity index (χ2n) is 9.16. The van der Waals surface area contributed by atoms with Crippen molar-refractivity contribution >= 4 is 38.5 Å². The van der Waals surface area contributed by atoms with E-state index in [-0.39, 0.29) is 34.1 Å². The van der Waals surface area contributed by atoms with Crippen molar-refractivity contribution in [2.45, 2.75) is 43.5 Å². The predicted molar refractivity (Wildman–Crippen MR) is 138 cm³/mol. The third-order valence-electron chi connectivity index (χ3n) is 6.64. The minimum atomic E-state index is -3.98. The second kappa shape index (κ2) is 9.76. The summed E-state index contributed by atoms with van der Waals surface area (Å²) in [4.78, 5) is 12.9. The number of halogens is 2. The Balaban J connectivity index is 1.56. The number of anilines is 1. The molecule has 4 aromatic rings. The number of pyridine rings is 1. The highest BCUT2D eigenvalue weighted by atomic mass is 35.5. The fraction of sp³-hybridized carbons (Fsp3) is 0.320. The van der Waals surface area contributed by atoms with Crippen molar-refractivity contribution in [3.63, 3.8) is 0 Å². The summed E-state index contributed by atoms with van der Waals surface area (Å²) >= 11 is 6.20. The third-order valence-corrected chi connectivity index (χ3v) is 8.51. The van der Waals surface area contributed by atoms with Gasteiger partial charge in [-0.1, -0.05) is 42.1 Å². The van der Waals surface area contributed by atoms with Crippen LogP contribution in [0.25, 0.3) is 22.4 Å². The number of nitrogens with two attached hydrogens (primary N) is 1. The largest absolute Gasteiger partial charge is 0.367 e. The fourth-order valence-electron chi connectivity index (χ4n) is 4.58. The van der Waals surface area contributed by atoms with Gasteiger partial charge in [-0.05, 0) is 43.9 Å². The number of aryl methyl sites for hydroxylation is 1. The molecule has 36 heavy (non-hydrogen) atoms. The predicted octanol–water partition coefficient (Wildman–Crippen LogP) is 4.76. The molecule has 1 aliphatic rings. The van der Waals surface area contributed by atoms with Gasteiger partial charge in [-0.25, -0.2) is 31.7 Å². The molecule has 188 valence electrons. The van der Waals surface area contributed by atoms with Crippen LogP contribution in [-0.2, 0) is 10.0 Å². The Morgan fingerprint density at radius 1 is 1.17 bits per heavy atom. The van der Waals surface area contributed by atoms with E-state index < -0.39 is 15.8 Å². The van der Waals surface area contributed by atoms with Gasteiger partial charge in [-0.3, -0.25) is 0 Å². The molecule has 8 nitrogen and oxygen atoms in total. The topological polar surface area (TPSA) is 116 Å². The van der Waals surface area contributed by atoms with Crippen LogP contribution in [-0.4, -0.2) is 39.9 Å². The molecule has 1 aliphatic carbocycles. The van der Waals surface area contributed by atoms with E-state index in [9.17, 15) is 12.8 Å². The molecule has 0 spiro atoms. The third kappa shape index (κ3) is 4.68. The summed E-state index contributed by atoms with van der Waals surface area (Å²) in [5, 5.41) is 3.83. The van der Waals surface area contributed by atoms with Crippen LogP contribution < -0.4 is 11.1 Å². The monoisotopic (exact) mass is 528 g/mol. The van der Waals surface area contributed by atoms with Crippen LogP contribution in [0.3, 0.4) is 0 Å². The highest BCUT2D eigenvalue weighted by molar-refractivity contribution is 7.90. The van der Waals surface area contributed by atoms with Crippen LogP contribution in [0.15, 0.2) is 53.8 Å².